The molecule has 1 fully saturated rings. The number of nitrogens with one attached hydrogen (secondary N) is 4. The number of alkyl halides is 2. The van der Waals surface area contributed by atoms with Gasteiger partial charge >= 0.3 is 0 Å². The lowest BCUT2D eigenvalue weighted by molar-refractivity contribution is 0.00911. The molecule has 3 heterocycles. The largest absolute Gasteiger partial charge is 0.383 e. The van der Waals surface area contributed by atoms with Crippen LogP contribution in [0.3, 0.4) is 0 Å². The minimum absolute atomic E-state index is 0.0599. The molecular formula is C31H34F3N7O. The molecule has 2 aliphatic rings. The maximum absolute atomic E-state index is 14.0. The summed E-state index contributed by atoms with van der Waals surface area (Å²) < 4.78 is 41.7. The van der Waals surface area contributed by atoms with E-state index in [1.54, 1.807) is 31.5 Å². The minimum atomic E-state index is -2.54. The van der Waals surface area contributed by atoms with Crippen LogP contribution in [0.5, 0.6) is 0 Å². The van der Waals surface area contributed by atoms with Crippen molar-refractivity contribution >= 4 is 28.1 Å². The normalized spacial score (nSPS) is 16.6. The fraction of sp³-hybridized carbons (Fsp3) is 0.387. The maximum Gasteiger partial charge on any atom is 0.262 e. The summed E-state index contributed by atoms with van der Waals surface area (Å²) >= 11 is 0. The summed E-state index contributed by atoms with van der Waals surface area (Å²) in [4.78, 5) is 21.3. The molecule has 5 rings (SSSR count). The number of benzene rings is 1. The van der Waals surface area contributed by atoms with Crippen molar-refractivity contribution in [3.63, 3.8) is 0 Å². The van der Waals surface area contributed by atoms with Gasteiger partial charge in [-0.05, 0) is 50.3 Å². The fourth-order valence-electron chi connectivity index (χ4n) is 5.05. The van der Waals surface area contributed by atoms with Crippen LogP contribution in [-0.2, 0) is 0 Å². The van der Waals surface area contributed by atoms with Gasteiger partial charge in [0.05, 0.1) is 28.5 Å². The minimum Gasteiger partial charge on any atom is -0.383 e. The number of carbonyl (C=O) groups excluding carboxylic acids is 1. The van der Waals surface area contributed by atoms with Crippen LogP contribution < -0.4 is 21.6 Å². The van der Waals surface area contributed by atoms with E-state index in [1.807, 2.05) is 6.07 Å². The molecule has 11 heteroatoms. The predicted molar refractivity (Wildman–Crippen MR) is 157 cm³/mol. The average molecular weight is 578 g/mol. The first kappa shape index (κ1) is 29.2. The zero-order valence-corrected chi connectivity index (χ0v) is 24.2. The molecule has 1 saturated carbocycles. The second-order valence-corrected chi connectivity index (χ2v) is 12.1. The second-order valence-electron chi connectivity index (χ2n) is 12.1. The number of halogens is 3. The highest BCUT2D eigenvalue weighted by Gasteiger charge is 2.56. The number of carbonyl (C=O) groups is 1. The molecule has 0 saturated heterocycles. The van der Waals surface area contributed by atoms with E-state index in [4.69, 9.17) is 6.42 Å². The predicted octanol–water partition coefficient (Wildman–Crippen LogP) is 5.84. The molecule has 3 aromatic rings. The van der Waals surface area contributed by atoms with Crippen LogP contribution in [0.1, 0.15) is 73.8 Å². The van der Waals surface area contributed by atoms with Crippen molar-refractivity contribution in [1.29, 1.82) is 0 Å². The van der Waals surface area contributed by atoms with E-state index in [2.05, 4.69) is 58.3 Å². The number of anilines is 2. The van der Waals surface area contributed by atoms with Gasteiger partial charge in [0, 0.05) is 46.8 Å². The highest BCUT2D eigenvalue weighted by atomic mass is 19.3. The van der Waals surface area contributed by atoms with Gasteiger partial charge in [0.1, 0.15) is 5.54 Å². The summed E-state index contributed by atoms with van der Waals surface area (Å²) in [6.45, 7) is 10.0. The monoisotopic (exact) mass is 577 g/mol. The molecule has 0 radical (unpaired) electrons. The molecule has 0 amide bonds. The zero-order valence-electron chi connectivity index (χ0n) is 24.2. The number of hydrazine groups is 2. The Kier molecular flexibility index (Phi) is 7.53. The standard InChI is InChI=1S/C31H34F3N7O/c1-7-19-14-35-27-22(18(3)42)12-20(13-23(27)26(19)36-16-30(4,5)6)38-28(21-8-9-25(32)37-17(21)2)24-15-41(40-39-24)31(10-11-31)29(33)34/h1,8-9,12-15,28-29,38-40H,10-11,16H2,2-6H3,(H,35,36)/t28-/m0/s1. The fourth-order valence-corrected chi connectivity index (χ4v) is 5.05. The van der Waals surface area contributed by atoms with Crippen molar-refractivity contribution in [3.8, 4) is 12.3 Å². The summed E-state index contributed by atoms with van der Waals surface area (Å²) in [5.74, 6) is 1.85. The molecule has 2 aromatic heterocycles. The molecule has 220 valence electrons. The molecule has 8 nitrogen and oxygen atoms in total. The van der Waals surface area contributed by atoms with Crippen LogP contribution in [0.25, 0.3) is 10.9 Å². The van der Waals surface area contributed by atoms with E-state index in [-0.39, 0.29) is 11.2 Å². The number of aromatic nitrogens is 2. The Bertz CT molecular complexity index is 1620. The number of ketones is 1. The second kappa shape index (κ2) is 10.8. The van der Waals surface area contributed by atoms with Gasteiger partial charge in [-0.1, -0.05) is 32.8 Å². The summed E-state index contributed by atoms with van der Waals surface area (Å²) in [6, 6.07) is 5.72. The van der Waals surface area contributed by atoms with Crippen molar-refractivity contribution in [3.05, 3.63) is 70.7 Å². The lowest BCUT2D eigenvalue weighted by Gasteiger charge is -2.25. The van der Waals surface area contributed by atoms with Gasteiger partial charge in [0.15, 0.2) is 5.78 Å². The number of terminal acetylenes is 1. The molecule has 0 bridgehead atoms. The smallest absolute Gasteiger partial charge is 0.262 e. The van der Waals surface area contributed by atoms with Crippen molar-refractivity contribution in [2.75, 3.05) is 17.2 Å². The highest BCUT2D eigenvalue weighted by Crippen LogP contribution is 2.47. The van der Waals surface area contributed by atoms with Crippen LogP contribution in [0.15, 0.2) is 42.4 Å². The van der Waals surface area contributed by atoms with Gasteiger partial charge < -0.3 is 16.1 Å². The number of nitrogens with zero attached hydrogens (tertiary/aromatic N) is 3. The summed E-state index contributed by atoms with van der Waals surface area (Å²) in [5, 5.41) is 8.94. The lowest BCUT2D eigenvalue weighted by Crippen LogP contribution is -2.48. The summed E-state index contributed by atoms with van der Waals surface area (Å²) in [7, 11) is 0. The molecule has 0 unspecified atom stereocenters. The van der Waals surface area contributed by atoms with Crippen LogP contribution >= 0.6 is 0 Å². The number of rotatable bonds is 9. The van der Waals surface area contributed by atoms with Gasteiger partial charge in [-0.15, -0.1) is 12.0 Å². The van der Waals surface area contributed by atoms with Crippen LogP contribution in [0.2, 0.25) is 0 Å². The van der Waals surface area contributed by atoms with Crippen LogP contribution in [0.4, 0.5) is 24.5 Å². The Labute approximate surface area is 243 Å². The van der Waals surface area contributed by atoms with E-state index in [1.165, 1.54) is 18.0 Å². The number of fused-ring (bicyclic) bond motifs is 1. The van der Waals surface area contributed by atoms with Gasteiger partial charge in [-0.2, -0.15) is 4.39 Å². The topological polar surface area (TPSA) is 94.2 Å². The van der Waals surface area contributed by atoms with Gasteiger partial charge in [-0.25, -0.2) is 13.8 Å². The number of Topliss-reactive ketones (excluding diaryl/α,β-unsaturated/α-hetero) is 1. The van der Waals surface area contributed by atoms with Gasteiger partial charge in [-0.3, -0.25) is 14.8 Å². The van der Waals surface area contributed by atoms with Gasteiger partial charge in [0.2, 0.25) is 5.95 Å². The number of hydrogen-bond donors (Lipinski definition) is 4. The van der Waals surface area contributed by atoms with Crippen molar-refractivity contribution in [1.82, 2.24) is 25.9 Å². The van der Waals surface area contributed by atoms with E-state index >= 15 is 0 Å². The average Bonchev–Trinajstić information content (AvgIpc) is 3.60. The molecule has 42 heavy (non-hydrogen) atoms. The number of hydrogen-bond acceptors (Lipinski definition) is 8. The third-order valence-electron chi connectivity index (χ3n) is 7.56. The number of aryl methyl sites for hydroxylation is 1. The highest BCUT2D eigenvalue weighted by molar-refractivity contribution is 6.10. The van der Waals surface area contributed by atoms with Crippen molar-refractivity contribution in [2.24, 2.45) is 5.41 Å². The van der Waals surface area contributed by atoms with Crippen LogP contribution in [-0.4, -0.2) is 39.3 Å². The summed E-state index contributed by atoms with van der Waals surface area (Å²) in [5.41, 5.74) is 8.73. The molecule has 0 spiro atoms. The third kappa shape index (κ3) is 5.59. The molecule has 1 aliphatic carbocycles. The molecule has 1 atom stereocenters. The molecule has 1 aromatic carbocycles. The van der Waals surface area contributed by atoms with Crippen molar-refractivity contribution in [2.45, 2.75) is 65.5 Å². The molecular weight excluding hydrogens is 543 g/mol. The first-order valence-corrected chi connectivity index (χ1v) is 13.7. The first-order valence-electron chi connectivity index (χ1n) is 13.7. The Morgan fingerprint density at radius 2 is 2.00 bits per heavy atom. The van der Waals surface area contributed by atoms with Crippen molar-refractivity contribution < 1.29 is 18.0 Å². The van der Waals surface area contributed by atoms with E-state index in [9.17, 15) is 18.0 Å². The Morgan fingerprint density at radius 3 is 2.60 bits per heavy atom. The number of pyridine rings is 2. The SMILES string of the molecule is C#Cc1cnc2c(C(C)=O)cc(N[C@H](C3=CN(C4(C(F)F)CC4)NN3)c3ccc(F)nc3C)cc2c1NCC(C)(C)C. The quantitative estimate of drug-likeness (QED) is 0.143. The first-order chi connectivity index (χ1) is 19.8. The Hall–Kier alpha value is -4.30. The molecule has 1 aliphatic heterocycles. The van der Waals surface area contributed by atoms with E-state index < -0.39 is 24.0 Å². The maximum atomic E-state index is 14.0. The molecule has 4 N–H and O–H groups in total. The lowest BCUT2D eigenvalue weighted by atomic mass is 9.96. The van der Waals surface area contributed by atoms with Gasteiger partial charge in [0.25, 0.3) is 6.43 Å². The Morgan fingerprint density at radius 1 is 1.26 bits per heavy atom. The van der Waals surface area contributed by atoms with E-state index in [0.717, 1.165) is 0 Å². The third-order valence-corrected chi connectivity index (χ3v) is 7.56. The van der Waals surface area contributed by atoms with E-state index in [0.29, 0.717) is 69.7 Å². The summed E-state index contributed by atoms with van der Waals surface area (Å²) in [6.07, 6.45) is 7.15. The van der Waals surface area contributed by atoms with Crippen LogP contribution in [0, 0.1) is 30.6 Å². The zero-order chi connectivity index (χ0) is 30.4. The Balaban J connectivity index is 1.63.